The summed E-state index contributed by atoms with van der Waals surface area (Å²) in [5, 5.41) is 12.3. The molecule has 4 aromatic rings. The van der Waals surface area contributed by atoms with E-state index < -0.39 is 0 Å². The largest absolute Gasteiger partial charge is 0.493 e. The van der Waals surface area contributed by atoms with Crippen LogP contribution in [0, 0.1) is 6.92 Å². The van der Waals surface area contributed by atoms with Crippen molar-refractivity contribution < 1.29 is 9.47 Å². The molecule has 0 saturated heterocycles. The molecule has 0 radical (unpaired) electrons. The summed E-state index contributed by atoms with van der Waals surface area (Å²) >= 11 is 6.41. The fourth-order valence-electron chi connectivity index (χ4n) is 2.90. The number of aromatic amines is 1. The summed E-state index contributed by atoms with van der Waals surface area (Å²) in [5.74, 6) is 2.52. The fourth-order valence-corrected chi connectivity index (χ4v) is 3.16. The smallest absolute Gasteiger partial charge is 0.162 e. The van der Waals surface area contributed by atoms with Crippen LogP contribution in [-0.4, -0.2) is 22.3 Å². The van der Waals surface area contributed by atoms with Crippen molar-refractivity contribution in [2.24, 2.45) is 0 Å². The number of nitrogens with zero attached hydrogens (tertiary/aromatic N) is 2. The zero-order valence-corrected chi connectivity index (χ0v) is 16.2. The lowest BCUT2D eigenvalue weighted by Gasteiger charge is -2.13. The number of aryl methyl sites for hydroxylation is 1. The molecule has 0 aliphatic heterocycles. The maximum atomic E-state index is 6.41. The minimum Gasteiger partial charge on any atom is -0.493 e. The van der Waals surface area contributed by atoms with E-state index in [1.54, 1.807) is 7.11 Å². The highest BCUT2D eigenvalue weighted by molar-refractivity contribution is 6.34. The minimum atomic E-state index is 0.375. The van der Waals surface area contributed by atoms with E-state index in [2.05, 4.69) is 20.5 Å². The Bertz CT molecular complexity index is 1110. The first-order chi connectivity index (χ1) is 13.6. The van der Waals surface area contributed by atoms with Crippen LogP contribution >= 0.6 is 11.6 Å². The van der Waals surface area contributed by atoms with Gasteiger partial charge in [-0.1, -0.05) is 41.9 Å². The molecule has 0 bridgehead atoms. The molecule has 0 atom stereocenters. The van der Waals surface area contributed by atoms with E-state index >= 15 is 0 Å². The molecule has 0 spiro atoms. The minimum absolute atomic E-state index is 0.375. The Morgan fingerprint density at radius 1 is 1.04 bits per heavy atom. The lowest BCUT2D eigenvalue weighted by atomic mass is 10.1. The zero-order chi connectivity index (χ0) is 19.5. The maximum absolute atomic E-state index is 6.41. The number of ether oxygens (including phenoxy) is 2. The standard InChI is InChI=1S/C21H19ClN4O2/c1-13-8-20(26-25-13)23-19-10-15-9-18(28-12-14-6-4-3-5-7-14)17(27-2)11-16(15)21(22)24-19/h3-11H,12H2,1-2H3,(H2,23,24,25,26). The first-order valence-corrected chi connectivity index (χ1v) is 9.14. The van der Waals surface area contributed by atoms with Gasteiger partial charge in [0.15, 0.2) is 17.3 Å². The highest BCUT2D eigenvalue weighted by Gasteiger charge is 2.12. The number of benzene rings is 2. The molecule has 0 unspecified atom stereocenters. The van der Waals surface area contributed by atoms with Crippen molar-refractivity contribution in [2.45, 2.75) is 13.5 Å². The first-order valence-electron chi connectivity index (χ1n) is 8.76. The molecule has 28 heavy (non-hydrogen) atoms. The molecule has 2 aromatic heterocycles. The van der Waals surface area contributed by atoms with Crippen LogP contribution in [0.5, 0.6) is 11.5 Å². The molecule has 2 heterocycles. The lowest BCUT2D eigenvalue weighted by Crippen LogP contribution is -1.99. The average molecular weight is 395 g/mol. The lowest BCUT2D eigenvalue weighted by molar-refractivity contribution is 0.285. The van der Waals surface area contributed by atoms with Crippen LogP contribution in [0.25, 0.3) is 10.8 Å². The Morgan fingerprint density at radius 2 is 1.86 bits per heavy atom. The Labute approximate surface area is 167 Å². The number of rotatable bonds is 6. The quantitative estimate of drug-likeness (QED) is 0.437. The van der Waals surface area contributed by atoms with Crippen LogP contribution in [0.3, 0.4) is 0 Å². The molecule has 0 saturated carbocycles. The molecule has 0 aliphatic rings. The van der Waals surface area contributed by atoms with Crippen molar-refractivity contribution in [2.75, 3.05) is 12.4 Å². The normalized spacial score (nSPS) is 10.8. The summed E-state index contributed by atoms with van der Waals surface area (Å²) in [7, 11) is 1.60. The van der Waals surface area contributed by atoms with E-state index in [-0.39, 0.29) is 0 Å². The second-order valence-electron chi connectivity index (χ2n) is 6.36. The number of aromatic nitrogens is 3. The van der Waals surface area contributed by atoms with Crippen LogP contribution in [0.4, 0.5) is 11.6 Å². The number of anilines is 2. The Kier molecular flexibility index (Phi) is 5.04. The number of H-pyrrole nitrogens is 1. The van der Waals surface area contributed by atoms with Crippen LogP contribution in [0.2, 0.25) is 5.15 Å². The van der Waals surface area contributed by atoms with Crippen molar-refractivity contribution in [3.8, 4) is 11.5 Å². The van der Waals surface area contributed by atoms with Crippen molar-refractivity contribution in [1.29, 1.82) is 0 Å². The number of methoxy groups -OCH3 is 1. The molecule has 142 valence electrons. The monoisotopic (exact) mass is 394 g/mol. The van der Waals surface area contributed by atoms with Gasteiger partial charge in [0.25, 0.3) is 0 Å². The van der Waals surface area contributed by atoms with Crippen LogP contribution in [0.15, 0.2) is 54.6 Å². The number of fused-ring (bicyclic) bond motifs is 1. The van der Waals surface area contributed by atoms with Gasteiger partial charge in [-0.25, -0.2) is 4.98 Å². The highest BCUT2D eigenvalue weighted by Crippen LogP contribution is 2.36. The molecule has 0 amide bonds. The predicted molar refractivity (Wildman–Crippen MR) is 111 cm³/mol. The third kappa shape index (κ3) is 3.87. The molecule has 6 nitrogen and oxygen atoms in total. The molecular weight excluding hydrogens is 376 g/mol. The van der Waals surface area contributed by atoms with Gasteiger partial charge in [-0.2, -0.15) is 5.10 Å². The van der Waals surface area contributed by atoms with Crippen molar-refractivity contribution >= 4 is 34.0 Å². The van der Waals surface area contributed by atoms with Crippen molar-refractivity contribution in [3.05, 3.63) is 71.0 Å². The summed E-state index contributed by atoms with van der Waals surface area (Å²) in [5.41, 5.74) is 2.03. The first kappa shape index (κ1) is 18.1. The maximum Gasteiger partial charge on any atom is 0.162 e. The number of halogens is 1. The summed E-state index contributed by atoms with van der Waals surface area (Å²) < 4.78 is 11.5. The van der Waals surface area contributed by atoms with Gasteiger partial charge in [-0.05, 0) is 36.1 Å². The Balaban J connectivity index is 1.67. The summed E-state index contributed by atoms with van der Waals surface area (Å²) in [4.78, 5) is 4.41. The van der Waals surface area contributed by atoms with Gasteiger partial charge in [0.1, 0.15) is 17.6 Å². The number of hydrogen-bond donors (Lipinski definition) is 2. The Hall–Kier alpha value is -3.25. The molecule has 2 aromatic carbocycles. The van der Waals surface area contributed by atoms with E-state index in [4.69, 9.17) is 21.1 Å². The predicted octanol–water partition coefficient (Wildman–Crippen LogP) is 5.25. The molecule has 4 rings (SSSR count). The fraction of sp³-hybridized carbons (Fsp3) is 0.143. The van der Waals surface area contributed by atoms with E-state index in [0.29, 0.717) is 34.9 Å². The third-order valence-corrected chi connectivity index (χ3v) is 4.56. The highest BCUT2D eigenvalue weighted by atomic mass is 35.5. The molecule has 0 aliphatic carbocycles. The number of pyridine rings is 1. The third-order valence-electron chi connectivity index (χ3n) is 4.27. The zero-order valence-electron chi connectivity index (χ0n) is 15.5. The van der Waals surface area contributed by atoms with Gasteiger partial charge in [0.2, 0.25) is 0 Å². The number of nitrogens with one attached hydrogen (secondary N) is 2. The second-order valence-corrected chi connectivity index (χ2v) is 6.72. The van der Waals surface area contributed by atoms with Crippen molar-refractivity contribution in [1.82, 2.24) is 15.2 Å². The van der Waals surface area contributed by atoms with Crippen LogP contribution < -0.4 is 14.8 Å². The van der Waals surface area contributed by atoms with Crippen molar-refractivity contribution in [3.63, 3.8) is 0 Å². The van der Waals surface area contributed by atoms with Gasteiger partial charge < -0.3 is 14.8 Å². The molecular formula is C21H19ClN4O2. The average Bonchev–Trinajstić information content (AvgIpc) is 3.11. The van der Waals surface area contributed by atoms with Gasteiger partial charge in [-0.3, -0.25) is 5.10 Å². The van der Waals surface area contributed by atoms with Gasteiger partial charge >= 0.3 is 0 Å². The SMILES string of the molecule is COc1cc2c(Cl)nc(Nc3cc(C)[nH]n3)cc2cc1OCc1ccccc1. The molecule has 7 heteroatoms. The van der Waals surface area contributed by atoms with Gasteiger partial charge in [-0.15, -0.1) is 0 Å². The summed E-state index contributed by atoms with van der Waals surface area (Å²) in [6.45, 7) is 2.38. The van der Waals surface area contributed by atoms with Gasteiger partial charge in [0, 0.05) is 17.1 Å². The van der Waals surface area contributed by atoms with Crippen LogP contribution in [0.1, 0.15) is 11.3 Å². The van der Waals surface area contributed by atoms with E-state index in [0.717, 1.165) is 22.0 Å². The van der Waals surface area contributed by atoms with Crippen LogP contribution in [-0.2, 0) is 6.61 Å². The summed E-state index contributed by atoms with van der Waals surface area (Å²) in [6.07, 6.45) is 0. The van der Waals surface area contributed by atoms with E-state index in [1.165, 1.54) is 0 Å². The molecule has 2 N–H and O–H groups in total. The number of hydrogen-bond acceptors (Lipinski definition) is 5. The van der Waals surface area contributed by atoms with E-state index in [1.807, 2.05) is 61.5 Å². The molecule has 0 fully saturated rings. The van der Waals surface area contributed by atoms with E-state index in [9.17, 15) is 0 Å². The summed E-state index contributed by atoms with van der Waals surface area (Å²) in [6, 6.07) is 17.5. The second kappa shape index (κ2) is 7.78. The Morgan fingerprint density at radius 3 is 2.57 bits per heavy atom. The topological polar surface area (TPSA) is 72.1 Å². The van der Waals surface area contributed by atoms with Gasteiger partial charge in [0.05, 0.1) is 7.11 Å².